The molecule has 0 unspecified atom stereocenters. The Morgan fingerprint density at radius 1 is 1.21 bits per heavy atom. The molecule has 1 aliphatic carbocycles. The largest absolute Gasteiger partial charge is 0.359 e. The van der Waals surface area contributed by atoms with Crippen LogP contribution in [0.15, 0.2) is 39.8 Å². The minimum Gasteiger partial charge on any atom is -0.359 e. The van der Waals surface area contributed by atoms with Gasteiger partial charge in [0.25, 0.3) is 0 Å². The first kappa shape index (κ1) is 22.6. The van der Waals surface area contributed by atoms with Gasteiger partial charge in [0.05, 0.1) is 12.2 Å². The third kappa shape index (κ3) is 5.46. The molecule has 1 saturated carbocycles. The van der Waals surface area contributed by atoms with Crippen LogP contribution in [0.1, 0.15) is 62.5 Å². The maximum absolute atomic E-state index is 13.2. The Kier molecular flexibility index (Phi) is 8.27. The summed E-state index contributed by atoms with van der Waals surface area (Å²) in [6, 6.07) is 8.86. The van der Waals surface area contributed by atoms with Crippen LogP contribution in [0, 0.1) is 5.82 Å². The highest BCUT2D eigenvalue weighted by atomic mass is 127. The predicted octanol–water partition coefficient (Wildman–Crippen LogP) is 4.73. The number of benzene rings is 1. The standard InChI is InChI=1S/C21H29FN4O.HI/c1-4-15(5-2)19-12-18(27-26-19)13-24-20(23-3)25-14-21(10-11-21)16-6-8-17(22)9-7-16;/h6-9,12,15H,4-5,10-11,13-14H2,1-3H3,(H2,23,24,25);1H. The summed E-state index contributed by atoms with van der Waals surface area (Å²) in [4.78, 5) is 4.29. The summed E-state index contributed by atoms with van der Waals surface area (Å²) in [6.07, 6.45) is 4.32. The molecule has 1 heterocycles. The zero-order valence-electron chi connectivity index (χ0n) is 16.8. The van der Waals surface area contributed by atoms with E-state index in [1.54, 1.807) is 7.05 Å². The van der Waals surface area contributed by atoms with Gasteiger partial charge in [-0.25, -0.2) is 4.39 Å². The van der Waals surface area contributed by atoms with Crippen molar-refractivity contribution in [1.29, 1.82) is 0 Å². The molecule has 1 aromatic heterocycles. The average Bonchev–Trinajstić information content (AvgIpc) is 3.34. The molecule has 28 heavy (non-hydrogen) atoms. The molecule has 0 bridgehead atoms. The van der Waals surface area contributed by atoms with Gasteiger partial charge in [0.1, 0.15) is 5.82 Å². The molecule has 1 aromatic carbocycles. The first-order valence-corrected chi connectivity index (χ1v) is 9.76. The van der Waals surface area contributed by atoms with Crippen molar-refractivity contribution in [2.45, 2.75) is 57.4 Å². The molecule has 3 rings (SSSR count). The first-order valence-electron chi connectivity index (χ1n) is 9.76. The van der Waals surface area contributed by atoms with E-state index in [1.165, 1.54) is 17.7 Å². The SMILES string of the molecule is CCC(CC)c1cc(CNC(=NC)NCC2(c3ccc(F)cc3)CC2)on1.I. The van der Waals surface area contributed by atoms with E-state index in [4.69, 9.17) is 4.52 Å². The lowest BCUT2D eigenvalue weighted by Crippen LogP contribution is -2.40. The van der Waals surface area contributed by atoms with Crippen molar-refractivity contribution in [2.24, 2.45) is 4.99 Å². The van der Waals surface area contributed by atoms with E-state index in [2.05, 4.69) is 34.6 Å². The second-order valence-corrected chi connectivity index (χ2v) is 7.30. The monoisotopic (exact) mass is 500 g/mol. The van der Waals surface area contributed by atoms with E-state index in [1.807, 2.05) is 18.2 Å². The summed E-state index contributed by atoms with van der Waals surface area (Å²) in [5.74, 6) is 1.79. The Balaban J connectivity index is 0.00000280. The molecule has 7 heteroatoms. The van der Waals surface area contributed by atoms with Gasteiger partial charge in [-0.1, -0.05) is 31.1 Å². The van der Waals surface area contributed by atoms with Crippen molar-refractivity contribution in [1.82, 2.24) is 15.8 Å². The molecule has 154 valence electrons. The number of nitrogens with one attached hydrogen (secondary N) is 2. The van der Waals surface area contributed by atoms with E-state index in [9.17, 15) is 4.39 Å². The Hall–Kier alpha value is -1.64. The van der Waals surface area contributed by atoms with Crippen molar-refractivity contribution in [2.75, 3.05) is 13.6 Å². The van der Waals surface area contributed by atoms with E-state index >= 15 is 0 Å². The molecule has 0 atom stereocenters. The van der Waals surface area contributed by atoms with Gasteiger partial charge in [-0.2, -0.15) is 0 Å². The fraction of sp³-hybridized carbons (Fsp3) is 0.524. The summed E-state index contributed by atoms with van der Waals surface area (Å²) in [6.45, 7) is 5.65. The lowest BCUT2D eigenvalue weighted by molar-refractivity contribution is 0.368. The molecular weight excluding hydrogens is 470 g/mol. The second kappa shape index (κ2) is 10.2. The molecule has 5 nitrogen and oxygen atoms in total. The molecule has 0 spiro atoms. The summed E-state index contributed by atoms with van der Waals surface area (Å²) < 4.78 is 18.6. The number of rotatable bonds is 8. The molecule has 0 radical (unpaired) electrons. The molecule has 2 N–H and O–H groups in total. The van der Waals surface area contributed by atoms with Crippen LogP contribution in [0.2, 0.25) is 0 Å². The number of hydrogen-bond donors (Lipinski definition) is 2. The topological polar surface area (TPSA) is 62.5 Å². The highest BCUT2D eigenvalue weighted by Crippen LogP contribution is 2.47. The van der Waals surface area contributed by atoms with Crippen molar-refractivity contribution >= 4 is 29.9 Å². The van der Waals surface area contributed by atoms with Gasteiger partial charge in [0, 0.05) is 31.0 Å². The maximum atomic E-state index is 13.2. The molecule has 1 aliphatic rings. The highest BCUT2D eigenvalue weighted by molar-refractivity contribution is 14.0. The normalized spacial score (nSPS) is 15.2. The summed E-state index contributed by atoms with van der Waals surface area (Å²) >= 11 is 0. The molecule has 0 aliphatic heterocycles. The molecule has 0 amide bonds. The number of hydrogen-bond acceptors (Lipinski definition) is 3. The Labute approximate surface area is 183 Å². The van der Waals surface area contributed by atoms with Crippen molar-refractivity contribution < 1.29 is 8.91 Å². The summed E-state index contributed by atoms with van der Waals surface area (Å²) in [7, 11) is 1.75. The number of nitrogens with zero attached hydrogens (tertiary/aromatic N) is 2. The van der Waals surface area contributed by atoms with Gasteiger partial charge < -0.3 is 15.2 Å². The number of halogens is 2. The smallest absolute Gasteiger partial charge is 0.191 e. The minimum absolute atomic E-state index is 0. The highest BCUT2D eigenvalue weighted by Gasteiger charge is 2.44. The lowest BCUT2D eigenvalue weighted by atomic mass is 9.96. The van der Waals surface area contributed by atoms with Gasteiger partial charge in [-0.15, -0.1) is 24.0 Å². The third-order valence-electron chi connectivity index (χ3n) is 5.54. The number of guanidine groups is 1. The average molecular weight is 500 g/mol. The minimum atomic E-state index is -0.195. The van der Waals surface area contributed by atoms with Crippen LogP contribution in [0.4, 0.5) is 4.39 Å². The van der Waals surface area contributed by atoms with Crippen LogP contribution in [0.25, 0.3) is 0 Å². The van der Waals surface area contributed by atoms with Crippen molar-refractivity contribution in [3.63, 3.8) is 0 Å². The third-order valence-corrected chi connectivity index (χ3v) is 5.54. The van der Waals surface area contributed by atoms with Crippen LogP contribution in [-0.4, -0.2) is 24.7 Å². The molecular formula is C21H30FIN4O. The van der Waals surface area contributed by atoms with Gasteiger partial charge in [-0.05, 0) is 43.4 Å². The number of aromatic nitrogens is 1. The Morgan fingerprint density at radius 2 is 1.89 bits per heavy atom. The van der Waals surface area contributed by atoms with Gasteiger partial charge in [-0.3, -0.25) is 4.99 Å². The summed E-state index contributed by atoms with van der Waals surface area (Å²) in [5, 5.41) is 10.9. The van der Waals surface area contributed by atoms with Crippen LogP contribution in [0.3, 0.4) is 0 Å². The van der Waals surface area contributed by atoms with E-state index in [0.717, 1.165) is 49.6 Å². The summed E-state index contributed by atoms with van der Waals surface area (Å²) in [5.41, 5.74) is 2.28. The fourth-order valence-corrected chi connectivity index (χ4v) is 3.48. The van der Waals surface area contributed by atoms with Gasteiger partial charge >= 0.3 is 0 Å². The van der Waals surface area contributed by atoms with Crippen molar-refractivity contribution in [3.05, 3.63) is 53.2 Å². The fourth-order valence-electron chi connectivity index (χ4n) is 3.48. The van der Waals surface area contributed by atoms with Crippen LogP contribution in [-0.2, 0) is 12.0 Å². The van der Waals surface area contributed by atoms with Crippen molar-refractivity contribution in [3.8, 4) is 0 Å². The second-order valence-electron chi connectivity index (χ2n) is 7.30. The Bertz CT molecular complexity index is 767. The van der Waals surface area contributed by atoms with Crippen LogP contribution >= 0.6 is 24.0 Å². The quantitative estimate of drug-likeness (QED) is 0.313. The van der Waals surface area contributed by atoms with E-state index in [0.29, 0.717) is 12.5 Å². The zero-order chi connectivity index (χ0) is 19.3. The zero-order valence-corrected chi connectivity index (χ0v) is 19.1. The van der Waals surface area contributed by atoms with Gasteiger partial charge in [0.15, 0.2) is 11.7 Å². The lowest BCUT2D eigenvalue weighted by Gasteiger charge is -2.18. The number of aliphatic imine (C=N–C) groups is 1. The van der Waals surface area contributed by atoms with Crippen LogP contribution in [0.5, 0.6) is 0 Å². The molecule has 1 fully saturated rings. The van der Waals surface area contributed by atoms with E-state index < -0.39 is 0 Å². The molecule has 0 saturated heterocycles. The predicted molar refractivity (Wildman–Crippen MR) is 121 cm³/mol. The maximum Gasteiger partial charge on any atom is 0.191 e. The van der Waals surface area contributed by atoms with Gasteiger partial charge in [0.2, 0.25) is 0 Å². The Morgan fingerprint density at radius 3 is 2.46 bits per heavy atom. The van der Waals surface area contributed by atoms with E-state index in [-0.39, 0.29) is 35.2 Å². The molecule has 2 aromatic rings. The first-order chi connectivity index (χ1) is 13.1. The van der Waals surface area contributed by atoms with Crippen LogP contribution < -0.4 is 10.6 Å².